The molecule has 0 spiro atoms. The summed E-state index contributed by atoms with van der Waals surface area (Å²) in [6, 6.07) is 14.7. The van der Waals surface area contributed by atoms with Crippen molar-refractivity contribution in [2.45, 2.75) is 45.2 Å². The minimum absolute atomic E-state index is 0.467. The molecule has 0 unspecified atom stereocenters. The van der Waals surface area contributed by atoms with Crippen LogP contribution in [-0.4, -0.2) is 44.7 Å². The molecule has 6 nitrogen and oxygen atoms in total. The maximum absolute atomic E-state index is 6.04. The molecule has 1 aliphatic heterocycles. The van der Waals surface area contributed by atoms with Gasteiger partial charge >= 0.3 is 0 Å². The lowest BCUT2D eigenvalue weighted by Crippen LogP contribution is -2.33. The molecule has 1 fully saturated rings. The van der Waals surface area contributed by atoms with Gasteiger partial charge in [-0.2, -0.15) is 0 Å². The molecule has 2 aromatic carbocycles. The Morgan fingerprint density at radius 2 is 1.55 bits per heavy atom. The summed E-state index contributed by atoms with van der Waals surface area (Å²) in [5.41, 5.74) is 9.74. The first-order valence-electron chi connectivity index (χ1n) is 11.2. The molecule has 0 radical (unpaired) electrons. The molecule has 0 aromatic heterocycles. The van der Waals surface area contributed by atoms with Crippen LogP contribution in [-0.2, 0) is 19.5 Å². The van der Waals surface area contributed by atoms with Crippen LogP contribution in [0.4, 0.5) is 0 Å². The van der Waals surface area contributed by atoms with E-state index in [9.17, 15) is 0 Å². The lowest BCUT2D eigenvalue weighted by molar-refractivity contribution is 0.277. The molecule has 1 aliphatic rings. The number of hydrogen-bond donors (Lipinski definition) is 2. The third-order valence-corrected chi connectivity index (χ3v) is 5.73. The van der Waals surface area contributed by atoms with Crippen molar-refractivity contribution in [3.8, 4) is 11.5 Å². The van der Waals surface area contributed by atoms with Crippen molar-refractivity contribution in [2.75, 3.05) is 33.9 Å². The molecule has 0 saturated carbocycles. The Hall–Kier alpha value is -2.73. The van der Waals surface area contributed by atoms with Crippen molar-refractivity contribution < 1.29 is 9.47 Å². The number of nitrogens with one attached hydrogen (secondary N) is 1. The Labute approximate surface area is 186 Å². The average Bonchev–Trinajstić information content (AvgIpc) is 3.07. The highest BCUT2D eigenvalue weighted by Gasteiger charge is 2.09. The zero-order valence-corrected chi connectivity index (χ0v) is 18.9. The second kappa shape index (κ2) is 12.2. The lowest BCUT2D eigenvalue weighted by atomic mass is 10.1. The smallest absolute Gasteiger partial charge is 0.188 e. The number of rotatable bonds is 9. The van der Waals surface area contributed by atoms with Gasteiger partial charge in [0.15, 0.2) is 17.5 Å². The van der Waals surface area contributed by atoms with Gasteiger partial charge in [-0.15, -0.1) is 0 Å². The average molecular weight is 425 g/mol. The molecule has 1 heterocycles. The summed E-state index contributed by atoms with van der Waals surface area (Å²) < 4.78 is 10.6. The van der Waals surface area contributed by atoms with Gasteiger partial charge in [0.05, 0.1) is 20.8 Å². The maximum Gasteiger partial charge on any atom is 0.188 e. The van der Waals surface area contributed by atoms with Gasteiger partial charge in [0.25, 0.3) is 0 Å². The van der Waals surface area contributed by atoms with E-state index in [1.807, 2.05) is 18.2 Å². The van der Waals surface area contributed by atoms with Crippen molar-refractivity contribution in [3.05, 3.63) is 59.2 Å². The van der Waals surface area contributed by atoms with Crippen molar-refractivity contribution in [2.24, 2.45) is 10.7 Å². The van der Waals surface area contributed by atoms with Crippen molar-refractivity contribution in [1.29, 1.82) is 0 Å². The molecule has 0 amide bonds. The SMILES string of the molecule is COc1ccc(CCNC(N)=NCc2ccc(CN3CCCCCC3)cc2)cc1OC. The first-order chi connectivity index (χ1) is 15.2. The summed E-state index contributed by atoms with van der Waals surface area (Å²) >= 11 is 0. The van der Waals surface area contributed by atoms with Crippen LogP contribution >= 0.6 is 0 Å². The molecular formula is C25H36N4O2. The molecule has 6 heteroatoms. The molecule has 0 aliphatic carbocycles. The summed E-state index contributed by atoms with van der Waals surface area (Å²) in [4.78, 5) is 7.04. The van der Waals surface area contributed by atoms with E-state index in [1.54, 1.807) is 14.2 Å². The zero-order valence-electron chi connectivity index (χ0n) is 18.9. The minimum Gasteiger partial charge on any atom is -0.493 e. The van der Waals surface area contributed by atoms with Crippen LogP contribution in [0.25, 0.3) is 0 Å². The van der Waals surface area contributed by atoms with Gasteiger partial charge in [-0.3, -0.25) is 4.90 Å². The van der Waals surface area contributed by atoms with Crippen LogP contribution in [0, 0.1) is 0 Å². The predicted octanol–water partition coefficient (Wildman–Crippen LogP) is 3.73. The summed E-state index contributed by atoms with van der Waals surface area (Å²) in [6.07, 6.45) is 6.21. The van der Waals surface area contributed by atoms with Crippen molar-refractivity contribution >= 4 is 5.96 Å². The van der Waals surface area contributed by atoms with E-state index in [0.717, 1.165) is 30.0 Å². The van der Waals surface area contributed by atoms with Gasteiger partial charge in [0.1, 0.15) is 0 Å². The van der Waals surface area contributed by atoms with Gasteiger partial charge in [0, 0.05) is 13.1 Å². The van der Waals surface area contributed by atoms with Crippen LogP contribution in [0.5, 0.6) is 11.5 Å². The molecule has 1 saturated heterocycles. The standard InChI is InChI=1S/C25H36N4O2/c1-30-23-12-11-20(17-24(23)31-2)13-14-27-25(26)28-18-21-7-9-22(10-8-21)19-29-15-5-3-4-6-16-29/h7-12,17H,3-6,13-16,18-19H2,1-2H3,(H3,26,27,28). The Bertz CT molecular complexity index is 828. The van der Waals surface area contributed by atoms with Gasteiger partial charge in [-0.05, 0) is 61.2 Å². The van der Waals surface area contributed by atoms with Crippen LogP contribution < -0.4 is 20.5 Å². The normalized spacial score (nSPS) is 15.4. The molecule has 3 N–H and O–H groups in total. The largest absolute Gasteiger partial charge is 0.493 e. The number of aliphatic imine (C=N–C) groups is 1. The number of benzene rings is 2. The predicted molar refractivity (Wildman–Crippen MR) is 127 cm³/mol. The van der Waals surface area contributed by atoms with E-state index in [1.165, 1.54) is 49.9 Å². The van der Waals surface area contributed by atoms with Crippen LogP contribution in [0.15, 0.2) is 47.5 Å². The number of hydrogen-bond acceptors (Lipinski definition) is 4. The van der Waals surface area contributed by atoms with Crippen molar-refractivity contribution in [3.63, 3.8) is 0 Å². The van der Waals surface area contributed by atoms with E-state index < -0.39 is 0 Å². The Morgan fingerprint density at radius 1 is 0.903 bits per heavy atom. The monoisotopic (exact) mass is 424 g/mol. The number of guanidine groups is 1. The molecule has 31 heavy (non-hydrogen) atoms. The van der Waals surface area contributed by atoms with Gasteiger partial charge in [-0.1, -0.05) is 43.2 Å². The van der Waals surface area contributed by atoms with Crippen LogP contribution in [0.2, 0.25) is 0 Å². The quantitative estimate of drug-likeness (QED) is 0.474. The first-order valence-corrected chi connectivity index (χ1v) is 11.2. The number of ether oxygens (including phenoxy) is 2. The zero-order chi connectivity index (χ0) is 21.9. The molecule has 2 aromatic rings. The Morgan fingerprint density at radius 3 is 2.23 bits per heavy atom. The molecule has 0 atom stereocenters. The summed E-state index contributed by atoms with van der Waals surface area (Å²) in [6.45, 7) is 4.78. The van der Waals surface area contributed by atoms with E-state index in [4.69, 9.17) is 15.2 Å². The lowest BCUT2D eigenvalue weighted by Gasteiger charge is -2.19. The number of likely N-dealkylation sites (tertiary alicyclic amines) is 1. The highest BCUT2D eigenvalue weighted by atomic mass is 16.5. The van der Waals surface area contributed by atoms with E-state index >= 15 is 0 Å². The fourth-order valence-corrected chi connectivity index (χ4v) is 3.91. The fourth-order valence-electron chi connectivity index (χ4n) is 3.91. The topological polar surface area (TPSA) is 72.1 Å². The summed E-state index contributed by atoms with van der Waals surface area (Å²) in [5, 5.41) is 3.19. The van der Waals surface area contributed by atoms with Crippen LogP contribution in [0.3, 0.4) is 0 Å². The van der Waals surface area contributed by atoms with E-state index in [-0.39, 0.29) is 0 Å². The highest BCUT2D eigenvalue weighted by molar-refractivity contribution is 5.77. The van der Waals surface area contributed by atoms with E-state index in [0.29, 0.717) is 19.0 Å². The first kappa shape index (κ1) is 22.9. The summed E-state index contributed by atoms with van der Waals surface area (Å²) in [7, 11) is 3.28. The fraction of sp³-hybridized carbons (Fsp3) is 0.480. The highest BCUT2D eigenvalue weighted by Crippen LogP contribution is 2.27. The van der Waals surface area contributed by atoms with Gasteiger partial charge < -0.3 is 20.5 Å². The second-order valence-electron chi connectivity index (χ2n) is 8.07. The maximum atomic E-state index is 6.04. The van der Waals surface area contributed by atoms with E-state index in [2.05, 4.69) is 39.5 Å². The summed E-state index contributed by atoms with van der Waals surface area (Å²) in [5.74, 6) is 1.94. The van der Waals surface area contributed by atoms with Gasteiger partial charge in [-0.25, -0.2) is 4.99 Å². The Balaban J connectivity index is 1.42. The third kappa shape index (κ3) is 7.47. The molecule has 3 rings (SSSR count). The molecular weight excluding hydrogens is 388 g/mol. The van der Waals surface area contributed by atoms with Crippen LogP contribution in [0.1, 0.15) is 42.4 Å². The molecule has 168 valence electrons. The van der Waals surface area contributed by atoms with Crippen molar-refractivity contribution in [1.82, 2.24) is 10.2 Å². The molecule has 0 bridgehead atoms. The third-order valence-electron chi connectivity index (χ3n) is 5.73. The minimum atomic E-state index is 0.467. The Kier molecular flexibility index (Phi) is 9.03. The number of nitrogens with zero attached hydrogens (tertiary/aromatic N) is 2. The number of methoxy groups -OCH3 is 2. The second-order valence-corrected chi connectivity index (χ2v) is 8.07. The van der Waals surface area contributed by atoms with Gasteiger partial charge in [0.2, 0.25) is 0 Å². The number of nitrogens with two attached hydrogens (primary N) is 1.